The van der Waals surface area contributed by atoms with E-state index in [2.05, 4.69) is 15.4 Å². The van der Waals surface area contributed by atoms with Crippen molar-refractivity contribution in [1.82, 2.24) is 15.4 Å². The molecular formula is C8H14N4. The predicted octanol–water partition coefficient (Wildman–Crippen LogP) is 0.494. The fourth-order valence-electron chi connectivity index (χ4n) is 1.82. The van der Waals surface area contributed by atoms with E-state index in [0.29, 0.717) is 0 Å². The first-order valence-corrected chi connectivity index (χ1v) is 4.36. The molecule has 4 heteroatoms. The molecule has 1 aliphatic rings. The molecule has 1 aliphatic carbocycles. The van der Waals surface area contributed by atoms with Crippen molar-refractivity contribution in [3.63, 3.8) is 0 Å². The first kappa shape index (κ1) is 7.73. The highest BCUT2D eigenvalue weighted by molar-refractivity contribution is 5.26. The van der Waals surface area contributed by atoms with E-state index >= 15 is 0 Å². The second-order valence-corrected chi connectivity index (χ2v) is 3.58. The predicted molar refractivity (Wildman–Crippen MR) is 45.7 cm³/mol. The molecule has 0 aliphatic heterocycles. The number of nitrogens with zero attached hydrogens (tertiary/aromatic N) is 2. The van der Waals surface area contributed by atoms with Crippen molar-refractivity contribution >= 4 is 0 Å². The molecule has 4 nitrogen and oxygen atoms in total. The van der Waals surface area contributed by atoms with Gasteiger partial charge in [0.15, 0.2) is 0 Å². The smallest absolute Gasteiger partial charge is 0.0915 e. The minimum atomic E-state index is 0.284. The van der Waals surface area contributed by atoms with Crippen molar-refractivity contribution in [2.24, 2.45) is 5.73 Å². The van der Waals surface area contributed by atoms with Gasteiger partial charge in [0.1, 0.15) is 0 Å². The van der Waals surface area contributed by atoms with Gasteiger partial charge >= 0.3 is 0 Å². The quantitative estimate of drug-likeness (QED) is 0.686. The lowest BCUT2D eigenvalue weighted by atomic mass is 9.97. The fraction of sp³-hybridized carbons (Fsp3) is 0.750. The summed E-state index contributed by atoms with van der Waals surface area (Å²) in [6.45, 7) is 2.74. The third kappa shape index (κ3) is 1.03. The van der Waals surface area contributed by atoms with Crippen LogP contribution in [0, 0.1) is 6.92 Å². The van der Waals surface area contributed by atoms with Crippen LogP contribution in [0.5, 0.6) is 0 Å². The molecule has 0 amide bonds. The van der Waals surface area contributed by atoms with E-state index in [4.69, 9.17) is 5.73 Å². The molecule has 1 heterocycles. The summed E-state index contributed by atoms with van der Waals surface area (Å²) < 4.78 is 0. The number of hydrogen-bond donors (Lipinski definition) is 2. The molecule has 2 rings (SSSR count). The highest BCUT2D eigenvalue weighted by Gasteiger charge is 2.46. The number of H-pyrrole nitrogens is 1. The number of hydrogen-bond acceptors (Lipinski definition) is 3. The first-order valence-electron chi connectivity index (χ1n) is 4.36. The average Bonchev–Trinajstić information content (AvgIpc) is 2.68. The highest BCUT2D eigenvalue weighted by Crippen LogP contribution is 2.50. The number of aromatic nitrogens is 3. The standard InChI is InChI=1S/C8H14N4/c1-6-7(11-12-10-6)8(2-3-8)4-5-9/h2-5,9H2,1H3,(H,10,11,12). The maximum absolute atomic E-state index is 5.55. The Hall–Kier alpha value is -0.900. The molecule has 1 aromatic heterocycles. The summed E-state index contributed by atoms with van der Waals surface area (Å²) >= 11 is 0. The van der Waals surface area contributed by atoms with E-state index in [9.17, 15) is 0 Å². The van der Waals surface area contributed by atoms with Crippen molar-refractivity contribution < 1.29 is 0 Å². The Labute approximate surface area is 71.5 Å². The van der Waals surface area contributed by atoms with Crippen LogP contribution in [0.25, 0.3) is 0 Å². The van der Waals surface area contributed by atoms with Gasteiger partial charge in [-0.2, -0.15) is 15.4 Å². The van der Waals surface area contributed by atoms with Crippen molar-refractivity contribution in [2.45, 2.75) is 31.6 Å². The molecule has 1 aromatic rings. The van der Waals surface area contributed by atoms with E-state index in [0.717, 1.165) is 24.4 Å². The maximum atomic E-state index is 5.55. The second-order valence-electron chi connectivity index (χ2n) is 3.58. The molecule has 0 unspecified atom stereocenters. The van der Waals surface area contributed by atoms with Gasteiger partial charge in [0.2, 0.25) is 0 Å². The Balaban J connectivity index is 2.24. The van der Waals surface area contributed by atoms with Crippen molar-refractivity contribution in [1.29, 1.82) is 0 Å². The average molecular weight is 166 g/mol. The van der Waals surface area contributed by atoms with E-state index in [1.54, 1.807) is 0 Å². The van der Waals surface area contributed by atoms with Crippen molar-refractivity contribution in [3.8, 4) is 0 Å². The minimum absolute atomic E-state index is 0.284. The Kier molecular flexibility index (Phi) is 1.65. The summed E-state index contributed by atoms with van der Waals surface area (Å²) in [6, 6.07) is 0. The van der Waals surface area contributed by atoms with Gasteiger partial charge in [-0.3, -0.25) is 0 Å². The van der Waals surface area contributed by atoms with Crippen LogP contribution in [0.1, 0.15) is 30.7 Å². The third-order valence-corrected chi connectivity index (χ3v) is 2.70. The van der Waals surface area contributed by atoms with Crippen LogP contribution in [0.15, 0.2) is 0 Å². The molecule has 0 bridgehead atoms. The monoisotopic (exact) mass is 166 g/mol. The molecule has 1 saturated carbocycles. The molecule has 0 atom stereocenters. The molecule has 0 radical (unpaired) electrons. The van der Waals surface area contributed by atoms with Crippen LogP contribution >= 0.6 is 0 Å². The van der Waals surface area contributed by atoms with E-state index in [1.807, 2.05) is 6.92 Å². The summed E-state index contributed by atoms with van der Waals surface area (Å²) in [4.78, 5) is 0. The molecule has 0 aromatic carbocycles. The lowest BCUT2D eigenvalue weighted by Gasteiger charge is -2.09. The van der Waals surface area contributed by atoms with Crippen molar-refractivity contribution in [3.05, 3.63) is 11.4 Å². The number of aromatic amines is 1. The maximum Gasteiger partial charge on any atom is 0.0915 e. The molecule has 12 heavy (non-hydrogen) atoms. The van der Waals surface area contributed by atoms with Gasteiger partial charge in [-0.1, -0.05) is 0 Å². The normalized spacial score (nSPS) is 19.5. The molecule has 0 saturated heterocycles. The Morgan fingerprint density at radius 1 is 1.50 bits per heavy atom. The molecular weight excluding hydrogens is 152 g/mol. The third-order valence-electron chi connectivity index (χ3n) is 2.70. The van der Waals surface area contributed by atoms with E-state index in [-0.39, 0.29) is 5.41 Å². The topological polar surface area (TPSA) is 67.6 Å². The summed E-state index contributed by atoms with van der Waals surface area (Å²) in [6.07, 6.45) is 3.48. The van der Waals surface area contributed by atoms with Crippen LogP contribution < -0.4 is 5.73 Å². The Bertz CT molecular complexity index is 274. The molecule has 1 fully saturated rings. The van der Waals surface area contributed by atoms with Crippen LogP contribution in [0.2, 0.25) is 0 Å². The van der Waals surface area contributed by atoms with Crippen LogP contribution in [0.4, 0.5) is 0 Å². The number of nitrogens with two attached hydrogens (primary N) is 1. The summed E-state index contributed by atoms with van der Waals surface area (Å²) in [5.74, 6) is 0. The van der Waals surface area contributed by atoms with Crippen LogP contribution in [0.3, 0.4) is 0 Å². The lowest BCUT2D eigenvalue weighted by Crippen LogP contribution is -2.14. The second kappa shape index (κ2) is 2.55. The Morgan fingerprint density at radius 3 is 2.67 bits per heavy atom. The van der Waals surface area contributed by atoms with Gasteiger partial charge in [-0.15, -0.1) is 0 Å². The SMILES string of the molecule is Cc1n[nH]nc1C1(CCN)CC1. The fourth-order valence-corrected chi connectivity index (χ4v) is 1.82. The Morgan fingerprint density at radius 2 is 2.25 bits per heavy atom. The summed E-state index contributed by atoms with van der Waals surface area (Å²) in [5, 5.41) is 10.9. The molecule has 0 spiro atoms. The van der Waals surface area contributed by atoms with E-state index < -0.39 is 0 Å². The van der Waals surface area contributed by atoms with Gasteiger partial charge in [0.05, 0.1) is 11.4 Å². The van der Waals surface area contributed by atoms with E-state index in [1.165, 1.54) is 12.8 Å². The van der Waals surface area contributed by atoms with Gasteiger partial charge in [-0.25, -0.2) is 0 Å². The largest absolute Gasteiger partial charge is 0.330 e. The first-order chi connectivity index (χ1) is 5.78. The highest BCUT2D eigenvalue weighted by atomic mass is 15.3. The molecule has 3 N–H and O–H groups in total. The van der Waals surface area contributed by atoms with Crippen LogP contribution in [-0.2, 0) is 5.41 Å². The van der Waals surface area contributed by atoms with Crippen LogP contribution in [-0.4, -0.2) is 22.0 Å². The summed E-state index contributed by atoms with van der Waals surface area (Å²) in [5.41, 5.74) is 8.00. The zero-order chi connectivity index (χ0) is 8.60. The van der Waals surface area contributed by atoms with Gasteiger partial charge in [-0.05, 0) is 32.7 Å². The molecule has 66 valence electrons. The summed E-state index contributed by atoms with van der Waals surface area (Å²) in [7, 11) is 0. The minimum Gasteiger partial charge on any atom is -0.330 e. The number of rotatable bonds is 3. The van der Waals surface area contributed by atoms with Gasteiger partial charge in [0, 0.05) is 5.41 Å². The number of nitrogens with one attached hydrogen (secondary N) is 1. The van der Waals surface area contributed by atoms with Gasteiger partial charge in [0.25, 0.3) is 0 Å². The van der Waals surface area contributed by atoms with Gasteiger partial charge < -0.3 is 5.73 Å². The zero-order valence-electron chi connectivity index (χ0n) is 7.30. The number of aryl methyl sites for hydroxylation is 1. The lowest BCUT2D eigenvalue weighted by molar-refractivity contribution is 0.604. The zero-order valence-corrected chi connectivity index (χ0v) is 7.30. The van der Waals surface area contributed by atoms with Crippen molar-refractivity contribution in [2.75, 3.05) is 6.54 Å².